The molecule has 0 saturated carbocycles. The highest BCUT2D eigenvalue weighted by molar-refractivity contribution is 7.47. The van der Waals surface area contributed by atoms with Gasteiger partial charge in [-0.25, -0.2) is 9.13 Å². The van der Waals surface area contributed by atoms with Crippen molar-refractivity contribution >= 4 is 39.5 Å². The van der Waals surface area contributed by atoms with E-state index < -0.39 is 97.5 Å². The fourth-order valence-electron chi connectivity index (χ4n) is 11.0. The first-order chi connectivity index (χ1) is 44.3. The average molecular weight is 1350 g/mol. The molecular weight excluding hydrogens is 1210 g/mol. The van der Waals surface area contributed by atoms with Crippen LogP contribution in [-0.2, 0) is 65.4 Å². The van der Waals surface area contributed by atoms with Crippen molar-refractivity contribution in [1.82, 2.24) is 0 Å². The van der Waals surface area contributed by atoms with Crippen LogP contribution in [0, 0.1) is 17.8 Å². The van der Waals surface area contributed by atoms with Crippen LogP contribution in [-0.4, -0.2) is 96.7 Å². The molecule has 0 amide bonds. The Hall–Kier alpha value is -1.94. The largest absolute Gasteiger partial charge is 0.472 e. The third-order valence-corrected chi connectivity index (χ3v) is 19.1. The number of rotatable bonds is 71. The number of hydrogen-bond donors (Lipinski definition) is 3. The molecule has 0 radical (unpaired) electrons. The van der Waals surface area contributed by atoms with Crippen LogP contribution < -0.4 is 0 Å². The zero-order valence-corrected chi connectivity index (χ0v) is 61.8. The maximum atomic E-state index is 13.0. The van der Waals surface area contributed by atoms with Gasteiger partial charge in [-0.15, -0.1) is 0 Å². The fourth-order valence-corrected chi connectivity index (χ4v) is 12.6. The zero-order valence-electron chi connectivity index (χ0n) is 60.0. The van der Waals surface area contributed by atoms with Crippen molar-refractivity contribution in [3.63, 3.8) is 0 Å². The standard InChI is InChI=1S/C73H142O17P2/c1-8-10-11-12-13-14-23-27-32-40-47-54-70(75)83-60-68(89-72(77)56-49-42-33-28-25-22-20-18-16-15-17-19-21-24-26-30-37-44-51-64(3)4)62-87-91(79,80)85-58-67(74)59-86-92(81,82)88-63-69(90-73(78)57-50-43-34-29-31-38-45-52-65(5)6)61-84-71(76)55-48-41-36-35-39-46-53-66(7)9-2/h64-69,74H,8-63H2,1-7H3,(H,79,80)(H,81,82)/t66?,67-,68-,69-/m1/s1. The molecule has 17 nitrogen and oxygen atoms in total. The Morgan fingerprint density at radius 1 is 0.315 bits per heavy atom. The summed E-state index contributed by atoms with van der Waals surface area (Å²) in [4.78, 5) is 72.6. The molecule has 92 heavy (non-hydrogen) atoms. The highest BCUT2D eigenvalue weighted by Crippen LogP contribution is 2.45. The summed E-state index contributed by atoms with van der Waals surface area (Å²) in [5.41, 5.74) is 0. The van der Waals surface area contributed by atoms with E-state index in [1.165, 1.54) is 173 Å². The average Bonchev–Trinajstić information content (AvgIpc) is 2.61. The second-order valence-corrected chi connectivity index (χ2v) is 30.4. The van der Waals surface area contributed by atoms with Gasteiger partial charge in [0, 0.05) is 25.7 Å². The molecule has 0 aliphatic rings. The number of aliphatic hydroxyl groups is 1. The third kappa shape index (κ3) is 65.4. The van der Waals surface area contributed by atoms with Gasteiger partial charge in [0.2, 0.25) is 0 Å². The first-order valence-electron chi connectivity index (χ1n) is 37.9. The van der Waals surface area contributed by atoms with Crippen LogP contribution in [0.3, 0.4) is 0 Å². The maximum absolute atomic E-state index is 13.0. The molecule has 0 saturated heterocycles. The summed E-state index contributed by atoms with van der Waals surface area (Å²) in [5, 5.41) is 10.6. The van der Waals surface area contributed by atoms with Crippen molar-refractivity contribution in [2.75, 3.05) is 39.6 Å². The molecule has 0 heterocycles. The number of unbranched alkanes of at least 4 members (excludes halogenated alkanes) is 38. The fraction of sp³-hybridized carbons (Fsp3) is 0.945. The molecule has 19 heteroatoms. The Kier molecular flexibility index (Phi) is 62.4. The molecule has 3 unspecified atom stereocenters. The lowest BCUT2D eigenvalue weighted by atomic mass is 10.00. The number of carbonyl (C=O) groups excluding carboxylic acids is 4. The molecular formula is C73H142O17P2. The van der Waals surface area contributed by atoms with Crippen LogP contribution in [0.25, 0.3) is 0 Å². The summed E-state index contributed by atoms with van der Waals surface area (Å²) >= 11 is 0. The van der Waals surface area contributed by atoms with E-state index >= 15 is 0 Å². The predicted octanol–water partition coefficient (Wildman–Crippen LogP) is 21.0. The molecule has 0 fully saturated rings. The van der Waals surface area contributed by atoms with Crippen LogP contribution in [0.15, 0.2) is 0 Å². The SMILES string of the molecule is CCCCCCCCCCCCCC(=O)OC[C@H](COP(=O)(O)OC[C@@H](O)COP(=O)(O)OC[C@@H](COC(=O)CCCCCCCCC(C)CC)OC(=O)CCCCCCCCCC(C)C)OC(=O)CCCCCCCCCCCCCCCCCCCCC(C)C. The summed E-state index contributed by atoms with van der Waals surface area (Å²) < 4.78 is 68.3. The lowest BCUT2D eigenvalue weighted by Gasteiger charge is -2.21. The van der Waals surface area contributed by atoms with E-state index in [4.69, 9.17) is 37.0 Å². The van der Waals surface area contributed by atoms with Gasteiger partial charge in [-0.2, -0.15) is 0 Å². The van der Waals surface area contributed by atoms with Crippen molar-refractivity contribution < 1.29 is 80.2 Å². The Bertz CT molecular complexity index is 1800. The van der Waals surface area contributed by atoms with Crippen molar-refractivity contribution in [3.8, 4) is 0 Å². The highest BCUT2D eigenvalue weighted by atomic mass is 31.2. The molecule has 0 bridgehead atoms. The maximum Gasteiger partial charge on any atom is 0.472 e. The van der Waals surface area contributed by atoms with E-state index in [9.17, 15) is 43.2 Å². The molecule has 6 atom stereocenters. The smallest absolute Gasteiger partial charge is 0.462 e. The van der Waals surface area contributed by atoms with Crippen LogP contribution in [0.5, 0.6) is 0 Å². The lowest BCUT2D eigenvalue weighted by molar-refractivity contribution is -0.161. The van der Waals surface area contributed by atoms with Gasteiger partial charge in [0.15, 0.2) is 12.2 Å². The number of phosphoric ester groups is 2. The Morgan fingerprint density at radius 3 is 0.826 bits per heavy atom. The van der Waals surface area contributed by atoms with Crippen molar-refractivity contribution in [1.29, 1.82) is 0 Å². The number of carbonyl (C=O) groups is 4. The number of ether oxygens (including phenoxy) is 4. The topological polar surface area (TPSA) is 237 Å². The number of phosphoric acid groups is 2. The van der Waals surface area contributed by atoms with E-state index in [-0.39, 0.29) is 25.7 Å². The quantitative estimate of drug-likeness (QED) is 0.0222. The van der Waals surface area contributed by atoms with Gasteiger partial charge < -0.3 is 33.8 Å². The van der Waals surface area contributed by atoms with Crippen LogP contribution in [0.4, 0.5) is 0 Å². The van der Waals surface area contributed by atoms with Gasteiger partial charge in [-0.1, -0.05) is 318 Å². The van der Waals surface area contributed by atoms with Gasteiger partial charge in [-0.05, 0) is 43.4 Å². The van der Waals surface area contributed by atoms with E-state index in [1.807, 2.05) is 0 Å². The van der Waals surface area contributed by atoms with Crippen molar-refractivity contribution in [3.05, 3.63) is 0 Å². The normalized spacial score (nSPS) is 14.4. The molecule has 546 valence electrons. The molecule has 0 rings (SSSR count). The first kappa shape index (κ1) is 90.1. The predicted molar refractivity (Wildman–Crippen MR) is 372 cm³/mol. The van der Waals surface area contributed by atoms with Crippen LogP contribution in [0.2, 0.25) is 0 Å². The summed E-state index contributed by atoms with van der Waals surface area (Å²) in [6.45, 7) is 11.8. The zero-order chi connectivity index (χ0) is 68.0. The minimum absolute atomic E-state index is 0.102. The van der Waals surface area contributed by atoms with Gasteiger partial charge in [-0.3, -0.25) is 37.3 Å². The molecule has 0 aliphatic heterocycles. The minimum atomic E-state index is -4.95. The molecule has 0 aromatic rings. The summed E-state index contributed by atoms with van der Waals surface area (Å²) in [6.07, 6.45) is 48.8. The molecule has 0 aliphatic carbocycles. The molecule has 0 aromatic carbocycles. The third-order valence-electron chi connectivity index (χ3n) is 17.2. The van der Waals surface area contributed by atoms with Crippen molar-refractivity contribution in [2.24, 2.45) is 17.8 Å². The second-order valence-electron chi connectivity index (χ2n) is 27.5. The second kappa shape index (κ2) is 63.8. The lowest BCUT2D eigenvalue weighted by Crippen LogP contribution is -2.30. The van der Waals surface area contributed by atoms with E-state index in [0.717, 1.165) is 108 Å². The van der Waals surface area contributed by atoms with E-state index in [1.54, 1.807) is 0 Å². The van der Waals surface area contributed by atoms with E-state index in [2.05, 4.69) is 48.5 Å². The molecule has 0 spiro atoms. The molecule has 0 aromatic heterocycles. The van der Waals surface area contributed by atoms with Gasteiger partial charge in [0.25, 0.3) is 0 Å². The number of esters is 4. The Balaban J connectivity index is 5.17. The van der Waals surface area contributed by atoms with E-state index in [0.29, 0.717) is 31.6 Å². The Labute approximate surface area is 562 Å². The Morgan fingerprint density at radius 2 is 0.554 bits per heavy atom. The van der Waals surface area contributed by atoms with Gasteiger partial charge in [0.05, 0.1) is 26.4 Å². The van der Waals surface area contributed by atoms with Gasteiger partial charge in [0.1, 0.15) is 19.3 Å². The first-order valence-corrected chi connectivity index (χ1v) is 40.9. The summed E-state index contributed by atoms with van der Waals surface area (Å²) in [6, 6.07) is 0. The van der Waals surface area contributed by atoms with Crippen LogP contribution in [0.1, 0.15) is 370 Å². The van der Waals surface area contributed by atoms with Gasteiger partial charge >= 0.3 is 39.5 Å². The van der Waals surface area contributed by atoms with Crippen molar-refractivity contribution in [2.45, 2.75) is 388 Å². The summed E-state index contributed by atoms with van der Waals surface area (Å²) in [7, 11) is -9.90. The minimum Gasteiger partial charge on any atom is -0.462 e. The number of aliphatic hydroxyl groups excluding tert-OH is 1. The molecule has 3 N–H and O–H groups in total. The monoisotopic (exact) mass is 1350 g/mol. The highest BCUT2D eigenvalue weighted by Gasteiger charge is 2.30. The summed E-state index contributed by atoms with van der Waals surface area (Å²) in [5.74, 6) is 0.121. The van der Waals surface area contributed by atoms with Crippen LogP contribution >= 0.6 is 15.6 Å². The number of hydrogen-bond acceptors (Lipinski definition) is 15.